The van der Waals surface area contributed by atoms with Crippen LogP contribution in [0.4, 0.5) is 23.7 Å². The molecule has 4 rings (SSSR count). The molecular formula is C21H20F3N3O2. The first-order valence-corrected chi connectivity index (χ1v) is 9.42. The fourth-order valence-electron chi connectivity index (χ4n) is 4.19. The molecule has 1 heterocycles. The molecule has 1 aliphatic heterocycles. The number of nitrogens with one attached hydrogen (secondary N) is 2. The van der Waals surface area contributed by atoms with E-state index in [0.29, 0.717) is 18.5 Å². The second-order valence-corrected chi connectivity index (χ2v) is 7.49. The van der Waals surface area contributed by atoms with Crippen molar-refractivity contribution in [1.29, 1.82) is 0 Å². The van der Waals surface area contributed by atoms with Gasteiger partial charge in [-0.2, -0.15) is 13.2 Å². The zero-order valence-electron chi connectivity index (χ0n) is 15.4. The van der Waals surface area contributed by atoms with Gasteiger partial charge in [0.25, 0.3) is 5.91 Å². The quantitative estimate of drug-likeness (QED) is 0.810. The maximum absolute atomic E-state index is 12.8. The zero-order valence-corrected chi connectivity index (χ0v) is 15.4. The number of fused-ring (bicyclic) bond motifs is 2. The zero-order chi connectivity index (χ0) is 20.6. The molecule has 1 aliphatic carbocycles. The highest BCUT2D eigenvalue weighted by Gasteiger charge is 2.47. The molecule has 1 saturated heterocycles. The van der Waals surface area contributed by atoms with Gasteiger partial charge < -0.3 is 15.5 Å². The molecule has 2 bridgehead atoms. The number of amides is 3. The van der Waals surface area contributed by atoms with Crippen LogP contribution < -0.4 is 10.6 Å². The lowest BCUT2D eigenvalue weighted by molar-refractivity contribution is -0.137. The molecule has 0 radical (unpaired) electrons. The number of nitrogens with zero attached hydrogens (tertiary/aromatic N) is 1. The number of carbonyl (C=O) groups is 2. The van der Waals surface area contributed by atoms with Crippen molar-refractivity contribution in [2.24, 2.45) is 5.92 Å². The third-order valence-electron chi connectivity index (χ3n) is 5.60. The van der Waals surface area contributed by atoms with Crippen LogP contribution >= 0.6 is 0 Å². The first-order valence-electron chi connectivity index (χ1n) is 9.42. The molecule has 1 saturated carbocycles. The van der Waals surface area contributed by atoms with Crippen LogP contribution in [0, 0.1) is 5.92 Å². The van der Waals surface area contributed by atoms with E-state index in [2.05, 4.69) is 10.6 Å². The van der Waals surface area contributed by atoms with Crippen molar-refractivity contribution in [1.82, 2.24) is 10.2 Å². The molecule has 152 valence electrons. The molecule has 8 heteroatoms. The summed E-state index contributed by atoms with van der Waals surface area (Å²) in [6, 6.07) is 13.1. The lowest BCUT2D eigenvalue weighted by Crippen LogP contribution is -2.48. The summed E-state index contributed by atoms with van der Waals surface area (Å²) in [5, 5.41) is 5.60. The fraction of sp³-hybridized carbons (Fsp3) is 0.333. The van der Waals surface area contributed by atoms with Gasteiger partial charge in [0.2, 0.25) is 0 Å². The van der Waals surface area contributed by atoms with E-state index in [1.165, 1.54) is 12.1 Å². The number of carbonyl (C=O) groups excluding carboxylic acids is 2. The van der Waals surface area contributed by atoms with Crippen LogP contribution in [-0.4, -0.2) is 35.5 Å². The summed E-state index contributed by atoms with van der Waals surface area (Å²) in [7, 11) is 0. The van der Waals surface area contributed by atoms with Crippen molar-refractivity contribution in [3.8, 4) is 0 Å². The maximum Gasteiger partial charge on any atom is 0.416 e. The number of halogens is 3. The highest BCUT2D eigenvalue weighted by Crippen LogP contribution is 2.38. The Morgan fingerprint density at radius 1 is 1.00 bits per heavy atom. The molecule has 2 aliphatic rings. The Hall–Kier alpha value is -3.03. The lowest BCUT2D eigenvalue weighted by Gasteiger charge is -2.32. The number of rotatable bonds is 3. The average molecular weight is 403 g/mol. The molecule has 3 amide bonds. The summed E-state index contributed by atoms with van der Waals surface area (Å²) >= 11 is 0. The molecule has 2 N–H and O–H groups in total. The van der Waals surface area contributed by atoms with Crippen molar-refractivity contribution in [3.63, 3.8) is 0 Å². The molecule has 0 unspecified atom stereocenters. The first-order chi connectivity index (χ1) is 13.8. The summed E-state index contributed by atoms with van der Waals surface area (Å²) in [5.74, 6) is 0.00281. The normalized spacial score (nSPS) is 23.1. The largest absolute Gasteiger partial charge is 0.416 e. The predicted molar refractivity (Wildman–Crippen MR) is 101 cm³/mol. The summed E-state index contributed by atoms with van der Waals surface area (Å²) < 4.78 is 38.5. The minimum Gasteiger partial charge on any atom is -0.349 e. The second kappa shape index (κ2) is 7.42. The van der Waals surface area contributed by atoms with Crippen LogP contribution in [0.2, 0.25) is 0 Å². The molecule has 2 aromatic rings. The number of anilines is 1. The van der Waals surface area contributed by atoms with E-state index in [9.17, 15) is 22.8 Å². The molecule has 2 aromatic carbocycles. The van der Waals surface area contributed by atoms with Gasteiger partial charge in [0, 0.05) is 29.9 Å². The Morgan fingerprint density at radius 2 is 1.76 bits per heavy atom. The predicted octanol–water partition coefficient (Wildman–Crippen LogP) is 4.13. The Labute approximate surface area is 165 Å². The van der Waals surface area contributed by atoms with Gasteiger partial charge in [0.1, 0.15) is 0 Å². The first kappa shape index (κ1) is 19.3. The molecule has 2 fully saturated rings. The Morgan fingerprint density at radius 3 is 2.41 bits per heavy atom. The number of piperidine rings is 1. The summed E-state index contributed by atoms with van der Waals surface area (Å²) in [6.45, 7) is 0.467. The molecule has 5 nitrogen and oxygen atoms in total. The summed E-state index contributed by atoms with van der Waals surface area (Å²) in [4.78, 5) is 26.6. The van der Waals surface area contributed by atoms with Gasteiger partial charge in [-0.25, -0.2) is 4.79 Å². The number of urea groups is 1. The Kier molecular flexibility index (Phi) is 4.94. The molecule has 3 atom stereocenters. The summed E-state index contributed by atoms with van der Waals surface area (Å²) in [6.07, 6.45) is -3.05. The van der Waals surface area contributed by atoms with Crippen molar-refractivity contribution in [2.45, 2.75) is 31.1 Å². The monoisotopic (exact) mass is 403 g/mol. The molecule has 29 heavy (non-hydrogen) atoms. The number of likely N-dealkylation sites (tertiary alicyclic amines) is 1. The van der Waals surface area contributed by atoms with Crippen molar-refractivity contribution >= 4 is 17.6 Å². The van der Waals surface area contributed by atoms with E-state index in [0.717, 1.165) is 18.6 Å². The van der Waals surface area contributed by atoms with E-state index >= 15 is 0 Å². The minimum atomic E-state index is -4.46. The van der Waals surface area contributed by atoms with Gasteiger partial charge >= 0.3 is 12.2 Å². The van der Waals surface area contributed by atoms with Crippen molar-refractivity contribution in [3.05, 3.63) is 65.7 Å². The number of benzene rings is 2. The van der Waals surface area contributed by atoms with E-state index in [-0.39, 0.29) is 29.6 Å². The molecule has 0 aromatic heterocycles. The topological polar surface area (TPSA) is 61.4 Å². The highest BCUT2D eigenvalue weighted by atomic mass is 19.4. The Balaban J connectivity index is 1.35. The number of alkyl halides is 3. The maximum atomic E-state index is 12.8. The summed E-state index contributed by atoms with van der Waals surface area (Å²) in [5.41, 5.74) is -0.0992. The van der Waals surface area contributed by atoms with Gasteiger partial charge in [-0.15, -0.1) is 0 Å². The third-order valence-corrected chi connectivity index (χ3v) is 5.60. The van der Waals surface area contributed by atoms with E-state index in [4.69, 9.17) is 0 Å². The van der Waals surface area contributed by atoms with E-state index in [1.54, 1.807) is 29.2 Å². The lowest BCUT2D eigenvalue weighted by atomic mass is 10.0. The van der Waals surface area contributed by atoms with Gasteiger partial charge in [0.05, 0.1) is 5.56 Å². The van der Waals surface area contributed by atoms with E-state index < -0.39 is 17.8 Å². The van der Waals surface area contributed by atoms with Gasteiger partial charge in [-0.3, -0.25) is 4.79 Å². The van der Waals surface area contributed by atoms with Crippen LogP contribution in [0.15, 0.2) is 54.6 Å². The SMILES string of the molecule is O=C(N[C@H]1C[C@@H]2C[C@H]1CN2C(=O)Nc1cccc(C(F)(F)F)c1)c1ccccc1. The van der Waals surface area contributed by atoms with Gasteiger partial charge in [-0.1, -0.05) is 24.3 Å². The molecular weight excluding hydrogens is 383 g/mol. The number of hydrogen-bond acceptors (Lipinski definition) is 2. The highest BCUT2D eigenvalue weighted by molar-refractivity contribution is 5.94. The smallest absolute Gasteiger partial charge is 0.349 e. The second-order valence-electron chi connectivity index (χ2n) is 7.49. The minimum absolute atomic E-state index is 0.00897. The van der Waals surface area contributed by atoms with Gasteiger partial charge in [-0.05, 0) is 49.1 Å². The molecule has 0 spiro atoms. The fourth-order valence-corrected chi connectivity index (χ4v) is 4.19. The van der Waals surface area contributed by atoms with Crippen LogP contribution in [0.5, 0.6) is 0 Å². The van der Waals surface area contributed by atoms with Crippen LogP contribution in [-0.2, 0) is 6.18 Å². The van der Waals surface area contributed by atoms with Crippen LogP contribution in [0.25, 0.3) is 0 Å². The Bertz CT molecular complexity index is 917. The average Bonchev–Trinajstić information content (AvgIpc) is 3.28. The van der Waals surface area contributed by atoms with Crippen LogP contribution in [0.1, 0.15) is 28.8 Å². The van der Waals surface area contributed by atoms with Crippen molar-refractivity contribution < 1.29 is 22.8 Å². The standard InChI is InChI=1S/C21H20F3N3O2/c22-21(23,24)15-7-4-8-16(10-15)25-20(29)27-12-14-9-17(27)11-18(14)26-19(28)13-5-2-1-3-6-13/h1-8,10,14,17-18H,9,11-12H2,(H,25,29)(H,26,28)/t14-,17-,18-/m0/s1. The number of hydrogen-bond donors (Lipinski definition) is 2. The van der Waals surface area contributed by atoms with Gasteiger partial charge in [0.15, 0.2) is 0 Å². The van der Waals surface area contributed by atoms with Crippen molar-refractivity contribution in [2.75, 3.05) is 11.9 Å². The third kappa shape index (κ3) is 4.06. The van der Waals surface area contributed by atoms with Crippen LogP contribution in [0.3, 0.4) is 0 Å². The van der Waals surface area contributed by atoms with E-state index in [1.807, 2.05) is 6.07 Å².